The van der Waals surface area contributed by atoms with Gasteiger partial charge in [-0.05, 0) is 39.5 Å². The molecule has 0 fully saturated rings. The monoisotopic (exact) mass is 188 g/mol. The van der Waals surface area contributed by atoms with Crippen molar-refractivity contribution in [2.75, 3.05) is 26.7 Å². The Hall–Kier alpha value is -0.0800. The van der Waals surface area contributed by atoms with Crippen molar-refractivity contribution in [2.24, 2.45) is 5.73 Å². The molecule has 0 aromatic heterocycles. The van der Waals surface area contributed by atoms with Crippen LogP contribution >= 0.6 is 0 Å². The largest absolute Gasteiger partial charge is 0.330 e. The number of unbranched alkanes of at least 4 members (excludes halogenated alkanes) is 2. The molecular formula is C11H28N2. The van der Waals surface area contributed by atoms with E-state index < -0.39 is 0 Å². The van der Waals surface area contributed by atoms with Gasteiger partial charge in [0.15, 0.2) is 0 Å². The molecule has 0 saturated heterocycles. The standard InChI is InChI=1S/C9H22N2.C2H6/c1-3-4-5-8-11(2)9-6-7-10;1-2/h3-10H2,1-2H3;1-2H3. The van der Waals surface area contributed by atoms with Gasteiger partial charge in [0.2, 0.25) is 0 Å². The second-order valence-corrected chi connectivity index (χ2v) is 3.15. The minimum Gasteiger partial charge on any atom is -0.330 e. The fourth-order valence-corrected chi connectivity index (χ4v) is 1.10. The molecule has 2 nitrogen and oxygen atoms in total. The molecule has 0 radical (unpaired) electrons. The lowest BCUT2D eigenvalue weighted by molar-refractivity contribution is 0.323. The molecule has 0 spiro atoms. The summed E-state index contributed by atoms with van der Waals surface area (Å²) in [5, 5.41) is 0. The first kappa shape index (κ1) is 15.4. The predicted molar refractivity (Wildman–Crippen MR) is 62.0 cm³/mol. The fourth-order valence-electron chi connectivity index (χ4n) is 1.10. The highest BCUT2D eigenvalue weighted by molar-refractivity contribution is 4.51. The molecule has 13 heavy (non-hydrogen) atoms. The van der Waals surface area contributed by atoms with Gasteiger partial charge in [-0.2, -0.15) is 0 Å². The SMILES string of the molecule is CC.CCCCCN(C)CCCN. The van der Waals surface area contributed by atoms with Crippen LogP contribution in [0.4, 0.5) is 0 Å². The van der Waals surface area contributed by atoms with E-state index in [4.69, 9.17) is 5.73 Å². The summed E-state index contributed by atoms with van der Waals surface area (Å²) in [7, 11) is 2.17. The number of hydrogen-bond acceptors (Lipinski definition) is 2. The highest BCUT2D eigenvalue weighted by Gasteiger charge is 1.95. The second kappa shape index (κ2) is 14.4. The molecule has 0 atom stereocenters. The Morgan fingerprint density at radius 3 is 2.00 bits per heavy atom. The lowest BCUT2D eigenvalue weighted by atomic mass is 10.2. The van der Waals surface area contributed by atoms with Gasteiger partial charge in [-0.3, -0.25) is 0 Å². The first-order chi connectivity index (χ1) is 6.31. The summed E-state index contributed by atoms with van der Waals surface area (Å²) < 4.78 is 0. The van der Waals surface area contributed by atoms with Crippen LogP contribution in [-0.2, 0) is 0 Å². The van der Waals surface area contributed by atoms with E-state index in [0.29, 0.717) is 0 Å². The van der Waals surface area contributed by atoms with Crippen LogP contribution in [0, 0.1) is 0 Å². The number of rotatable bonds is 7. The average Bonchev–Trinajstić information content (AvgIpc) is 2.18. The van der Waals surface area contributed by atoms with Crippen LogP contribution in [0.3, 0.4) is 0 Å². The molecule has 0 rings (SSSR count). The molecule has 82 valence electrons. The maximum atomic E-state index is 5.40. The number of hydrogen-bond donors (Lipinski definition) is 1. The summed E-state index contributed by atoms with van der Waals surface area (Å²) in [6.45, 7) is 9.44. The van der Waals surface area contributed by atoms with Gasteiger partial charge in [-0.15, -0.1) is 0 Å². The molecule has 0 aromatic carbocycles. The molecule has 0 bridgehead atoms. The first-order valence-corrected chi connectivity index (χ1v) is 5.70. The van der Waals surface area contributed by atoms with Gasteiger partial charge in [-0.25, -0.2) is 0 Å². The Bertz CT molecular complexity index is 74.5. The van der Waals surface area contributed by atoms with Gasteiger partial charge in [0.1, 0.15) is 0 Å². The summed E-state index contributed by atoms with van der Waals surface area (Å²) in [5.74, 6) is 0. The molecule has 2 N–H and O–H groups in total. The molecule has 0 aliphatic carbocycles. The Balaban J connectivity index is 0. The maximum Gasteiger partial charge on any atom is -0.000977 e. The van der Waals surface area contributed by atoms with Crippen molar-refractivity contribution in [3.8, 4) is 0 Å². The van der Waals surface area contributed by atoms with E-state index in [2.05, 4.69) is 18.9 Å². The van der Waals surface area contributed by atoms with E-state index in [0.717, 1.165) is 19.5 Å². The van der Waals surface area contributed by atoms with Crippen molar-refractivity contribution in [1.82, 2.24) is 4.90 Å². The third kappa shape index (κ3) is 14.7. The fraction of sp³-hybridized carbons (Fsp3) is 1.00. The summed E-state index contributed by atoms with van der Waals surface area (Å²) >= 11 is 0. The van der Waals surface area contributed by atoms with E-state index in [-0.39, 0.29) is 0 Å². The number of nitrogens with zero attached hydrogens (tertiary/aromatic N) is 1. The lowest BCUT2D eigenvalue weighted by Crippen LogP contribution is -2.22. The van der Waals surface area contributed by atoms with Gasteiger partial charge in [0, 0.05) is 0 Å². The van der Waals surface area contributed by atoms with Crippen LogP contribution in [0.1, 0.15) is 46.5 Å². The molecule has 0 heterocycles. The topological polar surface area (TPSA) is 29.3 Å². The average molecular weight is 188 g/mol. The smallest absolute Gasteiger partial charge is 0.000977 e. The van der Waals surface area contributed by atoms with Crippen LogP contribution in [0.2, 0.25) is 0 Å². The maximum absolute atomic E-state index is 5.40. The zero-order valence-electron chi connectivity index (χ0n) is 9.97. The van der Waals surface area contributed by atoms with Gasteiger partial charge >= 0.3 is 0 Å². The zero-order chi connectivity index (χ0) is 10.5. The van der Waals surface area contributed by atoms with E-state index >= 15 is 0 Å². The minimum absolute atomic E-state index is 0.818. The van der Waals surface area contributed by atoms with Crippen molar-refractivity contribution in [2.45, 2.75) is 46.5 Å². The summed E-state index contributed by atoms with van der Waals surface area (Å²) in [6.07, 6.45) is 5.12. The van der Waals surface area contributed by atoms with Gasteiger partial charge in [0.25, 0.3) is 0 Å². The third-order valence-corrected chi connectivity index (χ3v) is 1.89. The Morgan fingerprint density at radius 1 is 1.00 bits per heavy atom. The van der Waals surface area contributed by atoms with Crippen molar-refractivity contribution < 1.29 is 0 Å². The van der Waals surface area contributed by atoms with E-state index in [1.165, 1.54) is 25.8 Å². The van der Waals surface area contributed by atoms with Crippen LogP contribution < -0.4 is 5.73 Å². The van der Waals surface area contributed by atoms with Crippen molar-refractivity contribution in [3.05, 3.63) is 0 Å². The summed E-state index contributed by atoms with van der Waals surface area (Å²) in [4.78, 5) is 2.36. The number of nitrogens with two attached hydrogens (primary N) is 1. The molecule has 0 amide bonds. The molecule has 0 unspecified atom stereocenters. The molecule has 2 heteroatoms. The Labute approximate surface area is 84.5 Å². The molecule has 0 aliphatic heterocycles. The highest BCUT2D eigenvalue weighted by atomic mass is 15.1. The first-order valence-electron chi connectivity index (χ1n) is 5.70. The van der Waals surface area contributed by atoms with Crippen LogP contribution in [0.5, 0.6) is 0 Å². The lowest BCUT2D eigenvalue weighted by Gasteiger charge is -2.15. The van der Waals surface area contributed by atoms with Crippen LogP contribution in [0.15, 0.2) is 0 Å². The summed E-state index contributed by atoms with van der Waals surface area (Å²) in [5.41, 5.74) is 5.40. The molecular weight excluding hydrogens is 160 g/mol. The van der Waals surface area contributed by atoms with Gasteiger partial charge in [0.05, 0.1) is 0 Å². The predicted octanol–water partition coefficient (Wildman–Crippen LogP) is 2.48. The second-order valence-electron chi connectivity index (χ2n) is 3.15. The van der Waals surface area contributed by atoms with E-state index in [1.54, 1.807) is 0 Å². The van der Waals surface area contributed by atoms with Gasteiger partial charge < -0.3 is 10.6 Å². The zero-order valence-corrected chi connectivity index (χ0v) is 9.97. The van der Waals surface area contributed by atoms with E-state index in [1.807, 2.05) is 13.8 Å². The Morgan fingerprint density at radius 2 is 1.54 bits per heavy atom. The Kier molecular flexibility index (Phi) is 17.1. The van der Waals surface area contributed by atoms with Crippen LogP contribution in [0.25, 0.3) is 0 Å². The van der Waals surface area contributed by atoms with E-state index in [9.17, 15) is 0 Å². The third-order valence-electron chi connectivity index (χ3n) is 1.89. The normalized spacial score (nSPS) is 9.69. The molecule has 0 aliphatic rings. The van der Waals surface area contributed by atoms with Gasteiger partial charge in [-0.1, -0.05) is 33.6 Å². The van der Waals surface area contributed by atoms with Crippen molar-refractivity contribution in [1.29, 1.82) is 0 Å². The molecule has 0 saturated carbocycles. The van der Waals surface area contributed by atoms with Crippen LogP contribution in [-0.4, -0.2) is 31.6 Å². The van der Waals surface area contributed by atoms with Crippen molar-refractivity contribution in [3.63, 3.8) is 0 Å². The highest BCUT2D eigenvalue weighted by Crippen LogP contribution is 1.96. The summed E-state index contributed by atoms with van der Waals surface area (Å²) in [6, 6.07) is 0. The minimum atomic E-state index is 0.818. The van der Waals surface area contributed by atoms with Crippen molar-refractivity contribution >= 4 is 0 Å². The molecule has 0 aromatic rings. The quantitative estimate of drug-likeness (QED) is 0.622.